The summed E-state index contributed by atoms with van der Waals surface area (Å²) in [5.74, 6) is 1.81. The van der Waals surface area contributed by atoms with E-state index in [-0.39, 0.29) is 24.0 Å². The topological polar surface area (TPSA) is 78.1 Å². The van der Waals surface area contributed by atoms with Crippen molar-refractivity contribution >= 4 is 29.9 Å². The van der Waals surface area contributed by atoms with Gasteiger partial charge in [0.1, 0.15) is 0 Å². The molecule has 28 heavy (non-hydrogen) atoms. The molecule has 0 aliphatic rings. The highest BCUT2D eigenvalue weighted by molar-refractivity contribution is 14.0. The molecule has 3 N–H and O–H groups in total. The number of rotatable bonds is 11. The predicted octanol–water partition coefficient (Wildman–Crippen LogP) is 3.38. The van der Waals surface area contributed by atoms with Crippen molar-refractivity contribution in [2.45, 2.75) is 19.4 Å². The Morgan fingerprint density at radius 1 is 0.964 bits per heavy atom. The number of aliphatic imine (C=N–C) groups is 1. The maximum atomic E-state index is 5.91. The third-order valence-electron chi connectivity index (χ3n) is 4.03. The lowest BCUT2D eigenvalue weighted by atomic mass is 10.2. The van der Waals surface area contributed by atoms with Crippen LogP contribution in [0.3, 0.4) is 0 Å². The molecule has 2 aromatic rings. The van der Waals surface area contributed by atoms with Gasteiger partial charge in [-0.05, 0) is 36.1 Å². The van der Waals surface area contributed by atoms with Gasteiger partial charge in [0.15, 0.2) is 17.5 Å². The first-order valence-corrected chi connectivity index (χ1v) is 9.09. The third-order valence-corrected chi connectivity index (χ3v) is 4.03. The van der Waals surface area contributed by atoms with Crippen molar-refractivity contribution in [1.82, 2.24) is 5.32 Å². The first kappa shape index (κ1) is 24.0. The Hall–Kier alpha value is -2.00. The molecule has 0 fully saturated rings. The molecule has 0 aliphatic carbocycles. The van der Waals surface area contributed by atoms with Crippen LogP contribution in [0.5, 0.6) is 11.5 Å². The molecule has 7 heteroatoms. The molecular weight excluding hydrogens is 469 g/mol. The van der Waals surface area contributed by atoms with E-state index in [0.29, 0.717) is 30.6 Å². The zero-order chi connectivity index (χ0) is 19.3. The first-order chi connectivity index (χ1) is 13.2. The second-order valence-electron chi connectivity index (χ2n) is 6.02. The Kier molecular flexibility index (Phi) is 12.1. The van der Waals surface area contributed by atoms with Crippen LogP contribution in [0.25, 0.3) is 0 Å². The third kappa shape index (κ3) is 8.79. The minimum absolute atomic E-state index is 0. The van der Waals surface area contributed by atoms with Crippen molar-refractivity contribution < 1.29 is 14.2 Å². The number of nitrogens with zero attached hydrogens (tertiary/aromatic N) is 1. The van der Waals surface area contributed by atoms with Gasteiger partial charge in [0.05, 0.1) is 27.4 Å². The van der Waals surface area contributed by atoms with E-state index in [0.717, 1.165) is 31.6 Å². The molecule has 0 amide bonds. The van der Waals surface area contributed by atoms with Crippen molar-refractivity contribution in [1.29, 1.82) is 0 Å². The van der Waals surface area contributed by atoms with E-state index in [1.54, 1.807) is 14.2 Å². The minimum Gasteiger partial charge on any atom is -0.493 e. The predicted molar refractivity (Wildman–Crippen MR) is 124 cm³/mol. The summed E-state index contributed by atoms with van der Waals surface area (Å²) in [6.45, 7) is 2.63. The van der Waals surface area contributed by atoms with Crippen LogP contribution < -0.4 is 20.5 Å². The summed E-state index contributed by atoms with van der Waals surface area (Å²) in [4.78, 5) is 4.35. The van der Waals surface area contributed by atoms with Gasteiger partial charge in [0.25, 0.3) is 0 Å². The highest BCUT2D eigenvalue weighted by atomic mass is 127. The maximum absolute atomic E-state index is 5.91. The number of methoxy groups -OCH3 is 2. The van der Waals surface area contributed by atoms with Gasteiger partial charge < -0.3 is 25.3 Å². The van der Waals surface area contributed by atoms with Gasteiger partial charge in [-0.2, -0.15) is 0 Å². The normalized spacial score (nSPS) is 10.9. The number of nitrogens with one attached hydrogen (secondary N) is 1. The van der Waals surface area contributed by atoms with Gasteiger partial charge in [0, 0.05) is 13.2 Å². The lowest BCUT2D eigenvalue weighted by Gasteiger charge is -2.09. The Morgan fingerprint density at radius 2 is 1.71 bits per heavy atom. The Bertz CT molecular complexity index is 711. The molecule has 0 unspecified atom stereocenters. The lowest BCUT2D eigenvalue weighted by Crippen LogP contribution is -2.32. The summed E-state index contributed by atoms with van der Waals surface area (Å²) in [5, 5.41) is 3.10. The van der Waals surface area contributed by atoms with Crippen LogP contribution in [-0.4, -0.2) is 39.9 Å². The SMILES string of the molecule is COc1ccc(CN=C(N)NCCCOCCc2ccccc2)cc1OC.I. The van der Waals surface area contributed by atoms with Crippen molar-refractivity contribution in [3.8, 4) is 11.5 Å². The van der Waals surface area contributed by atoms with Gasteiger partial charge in [-0.15, -0.1) is 24.0 Å². The van der Waals surface area contributed by atoms with Crippen LogP contribution in [0, 0.1) is 0 Å². The molecule has 0 saturated carbocycles. The van der Waals surface area contributed by atoms with E-state index >= 15 is 0 Å². The van der Waals surface area contributed by atoms with Crippen molar-refractivity contribution in [3.05, 3.63) is 59.7 Å². The zero-order valence-electron chi connectivity index (χ0n) is 16.5. The summed E-state index contributed by atoms with van der Waals surface area (Å²) >= 11 is 0. The second kappa shape index (κ2) is 14.1. The molecule has 0 aliphatic heterocycles. The monoisotopic (exact) mass is 499 g/mol. The van der Waals surface area contributed by atoms with E-state index in [1.807, 2.05) is 36.4 Å². The van der Waals surface area contributed by atoms with Gasteiger partial charge in [-0.3, -0.25) is 0 Å². The van der Waals surface area contributed by atoms with Crippen molar-refractivity contribution in [3.63, 3.8) is 0 Å². The van der Waals surface area contributed by atoms with Gasteiger partial charge in [-0.1, -0.05) is 36.4 Å². The average Bonchev–Trinajstić information content (AvgIpc) is 2.72. The number of ether oxygens (including phenoxy) is 3. The van der Waals surface area contributed by atoms with E-state index in [1.165, 1.54) is 5.56 Å². The Morgan fingerprint density at radius 3 is 2.43 bits per heavy atom. The summed E-state index contributed by atoms with van der Waals surface area (Å²) < 4.78 is 16.2. The highest BCUT2D eigenvalue weighted by Crippen LogP contribution is 2.27. The number of benzene rings is 2. The molecule has 0 bridgehead atoms. The lowest BCUT2D eigenvalue weighted by molar-refractivity contribution is 0.135. The van der Waals surface area contributed by atoms with Gasteiger partial charge >= 0.3 is 0 Å². The number of hydrogen-bond donors (Lipinski definition) is 2. The number of hydrogen-bond acceptors (Lipinski definition) is 4. The van der Waals surface area contributed by atoms with Crippen molar-refractivity contribution in [2.24, 2.45) is 10.7 Å². The van der Waals surface area contributed by atoms with E-state index in [4.69, 9.17) is 19.9 Å². The fraction of sp³-hybridized carbons (Fsp3) is 0.381. The van der Waals surface area contributed by atoms with Gasteiger partial charge in [0.2, 0.25) is 0 Å². The standard InChI is InChI=1S/C21H29N3O3.HI/c1-25-19-10-9-18(15-20(19)26-2)16-24-21(22)23-12-6-13-27-14-11-17-7-4-3-5-8-17;/h3-5,7-10,15H,6,11-14,16H2,1-2H3,(H3,22,23,24);1H. The summed E-state index contributed by atoms with van der Waals surface area (Å²) in [6.07, 6.45) is 1.81. The molecule has 0 aromatic heterocycles. The molecule has 2 aromatic carbocycles. The van der Waals surface area contributed by atoms with Crippen LogP contribution in [0.2, 0.25) is 0 Å². The molecule has 154 valence electrons. The molecule has 0 heterocycles. The van der Waals surface area contributed by atoms with Crippen LogP contribution in [-0.2, 0) is 17.7 Å². The van der Waals surface area contributed by atoms with Crippen molar-refractivity contribution in [2.75, 3.05) is 34.0 Å². The molecular formula is C21H30IN3O3. The summed E-state index contributed by atoms with van der Waals surface area (Å²) in [6, 6.07) is 16.0. The van der Waals surface area contributed by atoms with Crippen LogP contribution in [0.15, 0.2) is 53.5 Å². The largest absolute Gasteiger partial charge is 0.493 e. The van der Waals surface area contributed by atoms with Crippen LogP contribution in [0.1, 0.15) is 17.5 Å². The second-order valence-corrected chi connectivity index (χ2v) is 6.02. The van der Waals surface area contributed by atoms with E-state index in [9.17, 15) is 0 Å². The molecule has 0 radical (unpaired) electrons. The molecule has 0 spiro atoms. The maximum Gasteiger partial charge on any atom is 0.188 e. The van der Waals surface area contributed by atoms with Crippen LogP contribution in [0.4, 0.5) is 0 Å². The fourth-order valence-electron chi connectivity index (χ4n) is 2.54. The molecule has 0 saturated heterocycles. The Balaban J connectivity index is 0.00000392. The minimum atomic E-state index is 0. The first-order valence-electron chi connectivity index (χ1n) is 9.09. The Labute approximate surface area is 184 Å². The molecule has 6 nitrogen and oxygen atoms in total. The fourth-order valence-corrected chi connectivity index (χ4v) is 2.54. The zero-order valence-corrected chi connectivity index (χ0v) is 18.8. The summed E-state index contributed by atoms with van der Waals surface area (Å²) in [7, 11) is 3.23. The van der Waals surface area contributed by atoms with E-state index < -0.39 is 0 Å². The van der Waals surface area contributed by atoms with Gasteiger partial charge in [-0.25, -0.2) is 4.99 Å². The smallest absolute Gasteiger partial charge is 0.188 e. The van der Waals surface area contributed by atoms with Crippen LogP contribution >= 0.6 is 24.0 Å². The number of guanidine groups is 1. The summed E-state index contributed by atoms with van der Waals surface area (Å²) in [5.41, 5.74) is 8.20. The number of nitrogens with two attached hydrogens (primary N) is 1. The average molecular weight is 499 g/mol. The quantitative estimate of drug-likeness (QED) is 0.215. The van der Waals surface area contributed by atoms with E-state index in [2.05, 4.69) is 22.4 Å². The molecule has 2 rings (SSSR count). The number of halogens is 1. The highest BCUT2D eigenvalue weighted by Gasteiger charge is 2.04. The molecule has 0 atom stereocenters.